The first-order valence-corrected chi connectivity index (χ1v) is 12.9. The van der Waals surface area contributed by atoms with Crippen LogP contribution in [0.2, 0.25) is 0 Å². The largest absolute Gasteiger partial charge is 0.619 e. The summed E-state index contributed by atoms with van der Waals surface area (Å²) in [4.78, 5) is 4.51. The number of hydrogen-bond acceptors (Lipinski definition) is 6. The number of ether oxygens (including phenoxy) is 3. The summed E-state index contributed by atoms with van der Waals surface area (Å²) in [6, 6.07) is 16.7. The van der Waals surface area contributed by atoms with Crippen LogP contribution in [0.5, 0.6) is 17.2 Å². The molecule has 7 nitrogen and oxygen atoms in total. The number of nitrogens with zero attached hydrogens (tertiary/aromatic N) is 2. The number of alkyl halides is 6. The summed E-state index contributed by atoms with van der Waals surface area (Å²) in [5, 5.41) is 14.8. The third kappa shape index (κ3) is 8.66. The normalized spacial score (nSPS) is 12.4. The van der Waals surface area contributed by atoms with E-state index in [0.29, 0.717) is 28.1 Å². The molecule has 1 atom stereocenters. The number of anilines is 1. The molecule has 0 saturated heterocycles. The lowest BCUT2D eigenvalue weighted by atomic mass is 9.86. The quantitative estimate of drug-likeness (QED) is 0.0981. The lowest BCUT2D eigenvalue weighted by molar-refractivity contribution is -0.605. The van der Waals surface area contributed by atoms with Crippen LogP contribution < -0.4 is 24.3 Å². The number of halogens is 6. The Kier molecular flexibility index (Phi) is 9.84. The van der Waals surface area contributed by atoms with Crippen molar-refractivity contribution in [3.63, 3.8) is 0 Å². The van der Waals surface area contributed by atoms with E-state index in [2.05, 4.69) is 24.5 Å². The first kappa shape index (κ1) is 31.3. The van der Waals surface area contributed by atoms with Crippen LogP contribution in [0, 0.1) is 5.21 Å². The van der Waals surface area contributed by atoms with Crippen LogP contribution in [0.3, 0.4) is 0 Å². The Morgan fingerprint density at radius 1 is 0.767 bits per heavy atom. The van der Waals surface area contributed by atoms with Crippen molar-refractivity contribution < 1.29 is 45.3 Å². The van der Waals surface area contributed by atoms with Gasteiger partial charge in [-0.2, -0.15) is 31.1 Å². The molecule has 13 heteroatoms. The molecule has 4 rings (SSSR count). The van der Waals surface area contributed by atoms with Gasteiger partial charge in [-0.15, -0.1) is 0 Å². The molecule has 2 aromatic carbocycles. The Morgan fingerprint density at radius 2 is 1.37 bits per heavy atom. The molecular formula is C30H27F6N3O4. The highest BCUT2D eigenvalue weighted by Crippen LogP contribution is 2.37. The fourth-order valence-electron chi connectivity index (χ4n) is 4.50. The van der Waals surface area contributed by atoms with Crippen LogP contribution in [-0.2, 0) is 12.0 Å². The van der Waals surface area contributed by atoms with Crippen LogP contribution in [0.4, 0.5) is 32.2 Å². The first-order chi connectivity index (χ1) is 20.4. The van der Waals surface area contributed by atoms with Gasteiger partial charge in [0.2, 0.25) is 0 Å². The summed E-state index contributed by atoms with van der Waals surface area (Å²) < 4.78 is 90.8. The zero-order valence-electron chi connectivity index (χ0n) is 22.9. The minimum Gasteiger partial charge on any atom is -0.619 e. The molecule has 2 heterocycles. The zero-order chi connectivity index (χ0) is 31.1. The molecule has 0 aliphatic carbocycles. The molecule has 0 aliphatic heterocycles. The molecule has 228 valence electrons. The minimum atomic E-state index is -3.28. The van der Waals surface area contributed by atoms with Crippen LogP contribution in [0.15, 0.2) is 85.3 Å². The van der Waals surface area contributed by atoms with Crippen molar-refractivity contribution in [2.24, 2.45) is 0 Å². The van der Waals surface area contributed by atoms with Crippen molar-refractivity contribution in [3.05, 3.63) is 113 Å². The van der Waals surface area contributed by atoms with Gasteiger partial charge in [0.1, 0.15) is 11.6 Å². The maximum Gasteiger partial charge on any atom is 0.387 e. The lowest BCUT2D eigenvalue weighted by Gasteiger charge is -2.28. The second-order valence-corrected chi connectivity index (χ2v) is 9.92. The summed E-state index contributed by atoms with van der Waals surface area (Å²) >= 11 is 0. The molecule has 43 heavy (non-hydrogen) atoms. The van der Waals surface area contributed by atoms with Crippen molar-refractivity contribution in [2.75, 3.05) is 5.32 Å². The van der Waals surface area contributed by atoms with Crippen molar-refractivity contribution >= 4 is 5.82 Å². The summed E-state index contributed by atoms with van der Waals surface area (Å²) in [6.07, 6.45) is 4.52. The van der Waals surface area contributed by atoms with Crippen LogP contribution in [0.25, 0.3) is 0 Å². The van der Waals surface area contributed by atoms with Crippen molar-refractivity contribution in [1.29, 1.82) is 0 Å². The van der Waals surface area contributed by atoms with Crippen LogP contribution in [0.1, 0.15) is 42.0 Å². The molecule has 0 amide bonds. The van der Waals surface area contributed by atoms with Crippen molar-refractivity contribution in [2.45, 2.75) is 51.6 Å². The SMILES string of the molecule is CC(C)(Nc1ccc(C(Cc2cc[n+]([O-])cc2)c2ccc(OC(F)F)c(OC(F)F)c2)cn1)c1ccc(OC(F)F)cc1. The molecule has 0 aliphatic rings. The summed E-state index contributed by atoms with van der Waals surface area (Å²) in [5.41, 5.74) is 1.95. The molecule has 0 bridgehead atoms. The first-order valence-electron chi connectivity index (χ1n) is 12.9. The maximum absolute atomic E-state index is 13.1. The van der Waals surface area contributed by atoms with E-state index in [-0.39, 0.29) is 5.75 Å². The highest BCUT2D eigenvalue weighted by atomic mass is 19.3. The highest BCUT2D eigenvalue weighted by Gasteiger charge is 2.24. The third-order valence-corrected chi connectivity index (χ3v) is 6.54. The molecule has 0 radical (unpaired) electrons. The van der Waals surface area contributed by atoms with E-state index in [0.717, 1.165) is 17.2 Å². The van der Waals surface area contributed by atoms with Gasteiger partial charge in [0.05, 0.1) is 5.54 Å². The number of benzene rings is 2. The number of rotatable bonds is 13. The van der Waals surface area contributed by atoms with Crippen LogP contribution >= 0.6 is 0 Å². The van der Waals surface area contributed by atoms with E-state index in [4.69, 9.17) is 0 Å². The van der Waals surface area contributed by atoms with Gasteiger partial charge in [-0.25, -0.2) is 4.98 Å². The topological polar surface area (TPSA) is 79.6 Å². The predicted molar refractivity (Wildman–Crippen MR) is 145 cm³/mol. The second kappa shape index (κ2) is 13.5. The Labute approximate surface area is 243 Å². The van der Waals surface area contributed by atoms with E-state index < -0.39 is 42.8 Å². The Hall–Kier alpha value is -4.68. The molecule has 1 unspecified atom stereocenters. The van der Waals surface area contributed by atoms with Gasteiger partial charge < -0.3 is 24.7 Å². The van der Waals surface area contributed by atoms with E-state index in [9.17, 15) is 31.5 Å². The summed E-state index contributed by atoms with van der Waals surface area (Å²) in [5.74, 6) is -1.10. The van der Waals surface area contributed by atoms with Gasteiger partial charge in [0.25, 0.3) is 0 Å². The number of nitrogens with one attached hydrogen (secondary N) is 1. The Morgan fingerprint density at radius 3 is 1.95 bits per heavy atom. The monoisotopic (exact) mass is 607 g/mol. The molecule has 0 saturated carbocycles. The van der Waals surface area contributed by atoms with E-state index in [1.54, 1.807) is 42.6 Å². The van der Waals surface area contributed by atoms with Gasteiger partial charge in [0.15, 0.2) is 23.9 Å². The maximum atomic E-state index is 13.1. The van der Waals surface area contributed by atoms with Gasteiger partial charge >= 0.3 is 19.8 Å². The minimum absolute atomic E-state index is 0.0301. The standard InChI is InChI=1S/C30H27F6N3O4/c1-30(2,21-5-7-22(8-6-21)41-27(31)32)38-26-10-4-20(17-37-26)23(15-18-11-13-39(40)14-12-18)19-3-9-24(42-28(33)34)25(16-19)43-29(35)36/h3-14,16-17,23,27-29H,15H2,1-2H3,(H,37,38). The Bertz CT molecular complexity index is 1470. The van der Waals surface area contributed by atoms with Gasteiger partial charge in [0, 0.05) is 24.2 Å². The van der Waals surface area contributed by atoms with Crippen molar-refractivity contribution in [1.82, 2.24) is 4.98 Å². The van der Waals surface area contributed by atoms with Gasteiger partial charge in [-0.1, -0.05) is 24.3 Å². The fraction of sp³-hybridized carbons (Fsp3) is 0.267. The highest BCUT2D eigenvalue weighted by molar-refractivity contribution is 5.48. The number of aromatic nitrogens is 2. The fourth-order valence-corrected chi connectivity index (χ4v) is 4.50. The molecule has 4 aromatic rings. The summed E-state index contributed by atoms with van der Waals surface area (Å²) in [6.45, 7) is -5.71. The molecule has 2 aromatic heterocycles. The predicted octanol–water partition coefficient (Wildman–Crippen LogP) is 7.24. The second-order valence-electron chi connectivity index (χ2n) is 9.92. The average molecular weight is 608 g/mol. The Balaban J connectivity index is 1.63. The average Bonchev–Trinajstić information content (AvgIpc) is 2.93. The molecule has 1 N–H and O–H groups in total. The number of pyridine rings is 2. The summed E-state index contributed by atoms with van der Waals surface area (Å²) in [7, 11) is 0. The molecule has 0 fully saturated rings. The third-order valence-electron chi connectivity index (χ3n) is 6.54. The van der Waals surface area contributed by atoms with E-state index in [1.807, 2.05) is 13.8 Å². The smallest absolute Gasteiger partial charge is 0.387 e. The van der Waals surface area contributed by atoms with Crippen LogP contribution in [-0.4, -0.2) is 24.8 Å². The lowest BCUT2D eigenvalue weighted by Crippen LogP contribution is -2.28. The zero-order valence-corrected chi connectivity index (χ0v) is 22.9. The molecule has 0 spiro atoms. The number of hydrogen-bond donors (Lipinski definition) is 1. The molecular weight excluding hydrogens is 580 g/mol. The van der Waals surface area contributed by atoms with Gasteiger partial charge in [-0.3, -0.25) is 0 Å². The van der Waals surface area contributed by atoms with E-state index >= 15 is 0 Å². The van der Waals surface area contributed by atoms with Gasteiger partial charge in [-0.05, 0) is 72.9 Å². The van der Waals surface area contributed by atoms with E-state index in [1.165, 1.54) is 36.7 Å². The van der Waals surface area contributed by atoms with Crippen molar-refractivity contribution in [3.8, 4) is 17.2 Å².